The first-order chi connectivity index (χ1) is 9.58. The second-order valence-corrected chi connectivity index (χ2v) is 5.23. The number of nitrogens with one attached hydrogen (secondary N) is 1. The SMILES string of the molecule is CNC(c1ccc(OC)cc1C)c1cccc(C)c1C. The van der Waals surface area contributed by atoms with Gasteiger partial charge in [0.1, 0.15) is 5.75 Å². The Labute approximate surface area is 121 Å². The van der Waals surface area contributed by atoms with Gasteiger partial charge in [-0.15, -0.1) is 0 Å². The van der Waals surface area contributed by atoms with Gasteiger partial charge >= 0.3 is 0 Å². The number of benzene rings is 2. The molecule has 0 aliphatic heterocycles. The lowest BCUT2D eigenvalue weighted by Crippen LogP contribution is -2.20. The average Bonchev–Trinajstić information content (AvgIpc) is 2.45. The summed E-state index contributed by atoms with van der Waals surface area (Å²) in [5, 5.41) is 3.44. The van der Waals surface area contributed by atoms with Gasteiger partial charge in [0.2, 0.25) is 0 Å². The van der Waals surface area contributed by atoms with Crippen LogP contribution in [0.15, 0.2) is 36.4 Å². The molecule has 2 heteroatoms. The topological polar surface area (TPSA) is 21.3 Å². The number of ether oxygens (including phenoxy) is 1. The van der Waals surface area contributed by atoms with Crippen molar-refractivity contribution in [2.24, 2.45) is 0 Å². The van der Waals surface area contributed by atoms with E-state index in [4.69, 9.17) is 4.74 Å². The fourth-order valence-corrected chi connectivity index (χ4v) is 2.66. The smallest absolute Gasteiger partial charge is 0.119 e. The van der Waals surface area contributed by atoms with Crippen molar-refractivity contribution in [3.63, 3.8) is 0 Å². The molecule has 1 atom stereocenters. The zero-order chi connectivity index (χ0) is 14.7. The molecule has 0 spiro atoms. The maximum atomic E-state index is 5.29. The molecule has 0 saturated carbocycles. The third-order valence-corrected chi connectivity index (χ3v) is 4.03. The molecule has 2 nitrogen and oxygen atoms in total. The molecule has 20 heavy (non-hydrogen) atoms. The number of methoxy groups -OCH3 is 1. The van der Waals surface area contributed by atoms with Crippen molar-refractivity contribution in [2.75, 3.05) is 14.2 Å². The minimum Gasteiger partial charge on any atom is -0.497 e. The summed E-state index contributed by atoms with van der Waals surface area (Å²) < 4.78 is 5.29. The predicted molar refractivity (Wildman–Crippen MR) is 84.5 cm³/mol. The summed E-state index contributed by atoms with van der Waals surface area (Å²) in [5.41, 5.74) is 6.54. The van der Waals surface area contributed by atoms with Gasteiger partial charge in [-0.3, -0.25) is 0 Å². The molecule has 0 saturated heterocycles. The monoisotopic (exact) mass is 269 g/mol. The lowest BCUT2D eigenvalue weighted by molar-refractivity contribution is 0.414. The van der Waals surface area contributed by atoms with Gasteiger partial charge < -0.3 is 10.1 Å². The zero-order valence-electron chi connectivity index (χ0n) is 12.9. The fraction of sp³-hybridized carbons (Fsp3) is 0.333. The van der Waals surface area contributed by atoms with E-state index < -0.39 is 0 Å². The Bertz CT molecular complexity index is 604. The molecular formula is C18H23NO. The Hall–Kier alpha value is -1.80. The van der Waals surface area contributed by atoms with Crippen LogP contribution in [-0.4, -0.2) is 14.2 Å². The van der Waals surface area contributed by atoms with Crippen molar-refractivity contribution in [3.8, 4) is 5.75 Å². The minimum absolute atomic E-state index is 0.209. The highest BCUT2D eigenvalue weighted by Crippen LogP contribution is 2.30. The Morgan fingerprint density at radius 3 is 2.30 bits per heavy atom. The molecular weight excluding hydrogens is 246 g/mol. The largest absolute Gasteiger partial charge is 0.497 e. The first-order valence-electron chi connectivity index (χ1n) is 6.96. The van der Waals surface area contributed by atoms with Gasteiger partial charge in [0.25, 0.3) is 0 Å². The molecule has 0 amide bonds. The number of hydrogen-bond acceptors (Lipinski definition) is 2. The van der Waals surface area contributed by atoms with Crippen LogP contribution in [0.3, 0.4) is 0 Å². The summed E-state index contributed by atoms with van der Waals surface area (Å²) >= 11 is 0. The summed E-state index contributed by atoms with van der Waals surface area (Å²) in [6, 6.07) is 13.0. The number of rotatable bonds is 4. The lowest BCUT2D eigenvalue weighted by atomic mass is 9.90. The maximum Gasteiger partial charge on any atom is 0.119 e. The van der Waals surface area contributed by atoms with Gasteiger partial charge in [0, 0.05) is 0 Å². The minimum atomic E-state index is 0.209. The van der Waals surface area contributed by atoms with Crippen LogP contribution in [0.2, 0.25) is 0 Å². The zero-order valence-corrected chi connectivity index (χ0v) is 12.9. The highest BCUT2D eigenvalue weighted by molar-refractivity contribution is 5.45. The average molecular weight is 269 g/mol. The van der Waals surface area contributed by atoms with E-state index >= 15 is 0 Å². The van der Waals surface area contributed by atoms with E-state index in [-0.39, 0.29) is 6.04 Å². The highest BCUT2D eigenvalue weighted by atomic mass is 16.5. The van der Waals surface area contributed by atoms with Crippen LogP contribution in [0.4, 0.5) is 0 Å². The van der Waals surface area contributed by atoms with Gasteiger partial charge in [-0.05, 0) is 67.8 Å². The van der Waals surface area contributed by atoms with Crippen LogP contribution < -0.4 is 10.1 Å². The molecule has 0 heterocycles. The maximum absolute atomic E-state index is 5.29. The van der Waals surface area contributed by atoms with Gasteiger partial charge in [0.15, 0.2) is 0 Å². The molecule has 1 unspecified atom stereocenters. The second-order valence-electron chi connectivity index (χ2n) is 5.23. The molecule has 0 aliphatic carbocycles. The van der Waals surface area contributed by atoms with Crippen LogP contribution in [0, 0.1) is 20.8 Å². The second kappa shape index (κ2) is 6.10. The van der Waals surface area contributed by atoms with E-state index in [0.717, 1.165) is 5.75 Å². The van der Waals surface area contributed by atoms with Crippen molar-refractivity contribution in [1.82, 2.24) is 5.32 Å². The van der Waals surface area contributed by atoms with E-state index in [1.807, 2.05) is 13.1 Å². The molecule has 1 N–H and O–H groups in total. The van der Waals surface area contributed by atoms with E-state index in [2.05, 4.69) is 56.4 Å². The molecule has 2 aromatic rings. The van der Waals surface area contributed by atoms with Gasteiger partial charge in [0.05, 0.1) is 13.2 Å². The van der Waals surface area contributed by atoms with Crippen molar-refractivity contribution in [3.05, 3.63) is 64.2 Å². The molecule has 2 rings (SSSR count). The summed E-state index contributed by atoms with van der Waals surface area (Å²) in [7, 11) is 3.71. The summed E-state index contributed by atoms with van der Waals surface area (Å²) in [5.74, 6) is 0.905. The molecule has 0 bridgehead atoms. The van der Waals surface area contributed by atoms with Crippen molar-refractivity contribution >= 4 is 0 Å². The van der Waals surface area contributed by atoms with E-state index in [1.54, 1.807) is 7.11 Å². The Morgan fingerprint density at radius 1 is 0.950 bits per heavy atom. The first kappa shape index (κ1) is 14.6. The Balaban J connectivity index is 2.50. The van der Waals surface area contributed by atoms with Crippen LogP contribution in [-0.2, 0) is 0 Å². The highest BCUT2D eigenvalue weighted by Gasteiger charge is 2.17. The fourth-order valence-electron chi connectivity index (χ4n) is 2.66. The van der Waals surface area contributed by atoms with E-state index in [0.29, 0.717) is 0 Å². The quantitative estimate of drug-likeness (QED) is 0.908. The van der Waals surface area contributed by atoms with Crippen LogP contribution >= 0.6 is 0 Å². The predicted octanol–water partition coefficient (Wildman–Crippen LogP) is 3.93. The molecule has 0 fully saturated rings. The third-order valence-electron chi connectivity index (χ3n) is 4.03. The van der Waals surface area contributed by atoms with Crippen LogP contribution in [0.25, 0.3) is 0 Å². The molecule has 0 aliphatic rings. The summed E-state index contributed by atoms with van der Waals surface area (Å²) in [4.78, 5) is 0. The molecule has 106 valence electrons. The lowest BCUT2D eigenvalue weighted by Gasteiger charge is -2.22. The van der Waals surface area contributed by atoms with E-state index in [1.165, 1.54) is 27.8 Å². The van der Waals surface area contributed by atoms with Crippen molar-refractivity contribution < 1.29 is 4.74 Å². The molecule has 0 aromatic heterocycles. The van der Waals surface area contributed by atoms with Crippen molar-refractivity contribution in [1.29, 1.82) is 0 Å². The standard InChI is InChI=1S/C18H23NO/c1-12-7-6-8-17(14(12)3)18(19-4)16-10-9-15(20-5)11-13(16)2/h6-11,18-19H,1-5H3. The molecule has 2 aromatic carbocycles. The summed E-state index contributed by atoms with van der Waals surface area (Å²) in [6.45, 7) is 6.48. The van der Waals surface area contributed by atoms with Crippen LogP contribution in [0.1, 0.15) is 33.9 Å². The third kappa shape index (κ3) is 2.70. The normalized spacial score (nSPS) is 12.2. The molecule has 0 radical (unpaired) electrons. The van der Waals surface area contributed by atoms with Crippen LogP contribution in [0.5, 0.6) is 5.75 Å². The first-order valence-corrected chi connectivity index (χ1v) is 6.96. The Kier molecular flexibility index (Phi) is 4.46. The number of hydrogen-bond donors (Lipinski definition) is 1. The van der Waals surface area contributed by atoms with Gasteiger partial charge in [-0.2, -0.15) is 0 Å². The van der Waals surface area contributed by atoms with Crippen molar-refractivity contribution in [2.45, 2.75) is 26.8 Å². The van der Waals surface area contributed by atoms with E-state index in [9.17, 15) is 0 Å². The van der Waals surface area contributed by atoms with Gasteiger partial charge in [-0.1, -0.05) is 24.3 Å². The van der Waals surface area contributed by atoms with Gasteiger partial charge in [-0.25, -0.2) is 0 Å². The number of aryl methyl sites for hydroxylation is 2. The summed E-state index contributed by atoms with van der Waals surface area (Å²) in [6.07, 6.45) is 0. The Morgan fingerprint density at radius 2 is 1.70 bits per heavy atom.